The molecule has 19 heavy (non-hydrogen) atoms. The van der Waals surface area contributed by atoms with Crippen molar-refractivity contribution in [2.75, 3.05) is 6.61 Å². The van der Waals surface area contributed by atoms with E-state index in [0.717, 1.165) is 18.0 Å². The zero-order valence-corrected chi connectivity index (χ0v) is 10.7. The fraction of sp³-hybridized carbons (Fsp3) is 0.118. The van der Waals surface area contributed by atoms with Crippen molar-refractivity contribution in [3.63, 3.8) is 0 Å². The number of para-hydroxylation sites is 2. The first kappa shape index (κ1) is 11.7. The summed E-state index contributed by atoms with van der Waals surface area (Å²) in [5.74, 6) is 1.32. The number of aliphatic imine (C=N–C) groups is 1. The Morgan fingerprint density at radius 1 is 1.05 bits per heavy atom. The average molecular weight is 250 g/mol. The van der Waals surface area contributed by atoms with E-state index >= 15 is 0 Å². The lowest BCUT2D eigenvalue weighted by Gasteiger charge is -2.13. The van der Waals surface area contributed by atoms with Crippen molar-refractivity contribution >= 4 is 18.5 Å². The Kier molecular flexibility index (Phi) is 3.15. The van der Waals surface area contributed by atoms with Gasteiger partial charge in [0.25, 0.3) is 5.75 Å². The molecule has 1 aliphatic heterocycles. The summed E-state index contributed by atoms with van der Waals surface area (Å²) in [6.45, 7) is 4.39. The number of ether oxygens (including phenoxy) is 1. The van der Waals surface area contributed by atoms with Gasteiger partial charge in [0.2, 0.25) is 0 Å². The molecule has 2 aromatic carbocycles. The van der Waals surface area contributed by atoms with Gasteiger partial charge in [-0.15, -0.1) is 0 Å². The van der Waals surface area contributed by atoms with Crippen molar-refractivity contribution in [1.82, 2.24) is 0 Å². The number of nitrogens with zero attached hydrogens (tertiary/aromatic N) is 1. The van der Waals surface area contributed by atoms with Crippen LogP contribution in [0.25, 0.3) is 6.08 Å². The van der Waals surface area contributed by atoms with Crippen molar-refractivity contribution in [3.05, 3.63) is 65.7 Å². The van der Waals surface area contributed by atoms with Crippen LogP contribution in [0.2, 0.25) is 0 Å². The van der Waals surface area contributed by atoms with Crippen LogP contribution in [0, 0.1) is 0 Å². The van der Waals surface area contributed by atoms with Crippen molar-refractivity contribution < 1.29 is 4.74 Å². The van der Waals surface area contributed by atoms with Gasteiger partial charge < -0.3 is 4.74 Å². The minimum atomic E-state index is 0.258. The molecule has 0 saturated heterocycles. The topological polar surface area (TPSA) is 25.2 Å². The molecule has 0 spiro atoms. The fourth-order valence-electron chi connectivity index (χ4n) is 2.40. The molecule has 0 radical (unpaired) electrons. The second-order valence-electron chi connectivity index (χ2n) is 4.58. The Hall–Kier alpha value is -2.35. The van der Waals surface area contributed by atoms with E-state index in [-0.39, 0.29) is 5.92 Å². The number of fused-ring (bicyclic) bond motifs is 1. The first-order chi connectivity index (χ1) is 9.38. The van der Waals surface area contributed by atoms with Crippen LogP contribution in [-0.4, -0.2) is 18.1 Å². The van der Waals surface area contributed by atoms with Crippen LogP contribution in [0.1, 0.15) is 17.0 Å². The number of aromatic hydroxyl groups is 1. The first-order valence-electron chi connectivity index (χ1n) is 6.39. The van der Waals surface area contributed by atoms with Gasteiger partial charge >= 0.3 is 0 Å². The molecule has 1 atom stereocenters. The summed E-state index contributed by atoms with van der Waals surface area (Å²) in [5, 5.41) is 0. The summed E-state index contributed by atoms with van der Waals surface area (Å²) in [7, 11) is 0. The van der Waals surface area contributed by atoms with Crippen LogP contribution in [0.4, 0.5) is 5.69 Å². The lowest BCUT2D eigenvalue weighted by atomic mass is 9.97. The third-order valence-electron chi connectivity index (χ3n) is 3.41. The molecule has 0 bridgehead atoms. The largest absolute Gasteiger partial charge is 0.582 e. The Bertz CT molecular complexity index is 631. The van der Waals surface area contributed by atoms with E-state index in [0.29, 0.717) is 0 Å². The summed E-state index contributed by atoms with van der Waals surface area (Å²) < 4.78 is 4.70. The van der Waals surface area contributed by atoms with Gasteiger partial charge in [-0.05, 0) is 30.5 Å². The molecule has 2 nitrogen and oxygen atoms in total. The highest BCUT2D eigenvalue weighted by Gasteiger charge is 2.19. The fourth-order valence-corrected chi connectivity index (χ4v) is 2.40. The SMILES string of the molecule is C=Nc1ccccc1[C@@H]1C=Cc2ccccc2[OH+]C1. The molecule has 0 aliphatic carbocycles. The maximum Gasteiger partial charge on any atom is 0.261 e. The number of aliphatic hydroxyl groups is 1. The number of hydrogen-bond acceptors (Lipinski definition) is 1. The van der Waals surface area contributed by atoms with E-state index < -0.39 is 0 Å². The van der Waals surface area contributed by atoms with Gasteiger partial charge in [-0.2, -0.15) is 0 Å². The predicted molar refractivity (Wildman–Crippen MR) is 80.4 cm³/mol. The van der Waals surface area contributed by atoms with Crippen LogP contribution in [-0.2, 0) is 0 Å². The molecular formula is C17H16NO+. The van der Waals surface area contributed by atoms with Crippen LogP contribution in [0.5, 0.6) is 5.75 Å². The molecular weight excluding hydrogens is 234 g/mol. The number of hydrogen-bond donors (Lipinski definition) is 0. The molecule has 2 aromatic rings. The maximum absolute atomic E-state index is 4.70. The van der Waals surface area contributed by atoms with Crippen LogP contribution >= 0.6 is 0 Å². The lowest BCUT2D eigenvalue weighted by molar-refractivity contribution is 0.0644. The van der Waals surface area contributed by atoms with E-state index in [4.69, 9.17) is 4.74 Å². The average Bonchev–Trinajstić information content (AvgIpc) is 2.70. The molecule has 0 amide bonds. The van der Waals surface area contributed by atoms with Crippen molar-refractivity contribution in [1.29, 1.82) is 0 Å². The quantitative estimate of drug-likeness (QED) is 0.567. The highest BCUT2D eigenvalue weighted by Crippen LogP contribution is 2.33. The third kappa shape index (κ3) is 2.29. The molecule has 1 aliphatic rings. The summed E-state index contributed by atoms with van der Waals surface area (Å²) in [5.41, 5.74) is 3.30. The zero-order chi connectivity index (χ0) is 13.1. The van der Waals surface area contributed by atoms with E-state index in [1.807, 2.05) is 30.3 Å². The molecule has 3 rings (SSSR count). The van der Waals surface area contributed by atoms with Gasteiger partial charge in [0.05, 0.1) is 17.2 Å². The summed E-state index contributed by atoms with van der Waals surface area (Å²) in [6.07, 6.45) is 4.36. The molecule has 2 heteroatoms. The highest BCUT2D eigenvalue weighted by molar-refractivity contribution is 5.61. The Morgan fingerprint density at radius 3 is 2.74 bits per heavy atom. The molecule has 0 fully saturated rings. The summed E-state index contributed by atoms with van der Waals surface area (Å²) in [4.78, 5) is 4.10. The summed E-state index contributed by atoms with van der Waals surface area (Å²) >= 11 is 0. The van der Waals surface area contributed by atoms with E-state index in [9.17, 15) is 0 Å². The third-order valence-corrected chi connectivity index (χ3v) is 3.41. The van der Waals surface area contributed by atoms with Gasteiger partial charge in [-0.3, -0.25) is 4.99 Å². The minimum Gasteiger partial charge on any atom is -0.582 e. The second kappa shape index (κ2) is 5.11. The standard InChI is InChI=1S/C17H15NO/c1-18-16-8-4-3-7-15(16)14-11-10-13-6-2-5-9-17(13)19-12-14/h2-11,14H,1,12H2/p+1/t14-/m1/s1. The Balaban J connectivity index is 1.95. The van der Waals surface area contributed by atoms with Crippen LogP contribution < -0.4 is 0 Å². The highest BCUT2D eigenvalue weighted by atomic mass is 16.5. The van der Waals surface area contributed by atoms with E-state index in [2.05, 4.69) is 42.1 Å². The van der Waals surface area contributed by atoms with Gasteiger partial charge in [0.15, 0.2) is 6.61 Å². The molecule has 1 heterocycles. The smallest absolute Gasteiger partial charge is 0.261 e. The van der Waals surface area contributed by atoms with Crippen molar-refractivity contribution in [3.8, 4) is 5.75 Å². The van der Waals surface area contributed by atoms with Crippen LogP contribution in [0.3, 0.4) is 0 Å². The summed E-state index contributed by atoms with van der Waals surface area (Å²) in [6, 6.07) is 16.3. The van der Waals surface area contributed by atoms with E-state index in [1.54, 1.807) is 0 Å². The van der Waals surface area contributed by atoms with Crippen molar-refractivity contribution in [2.24, 2.45) is 4.99 Å². The number of benzene rings is 2. The molecule has 94 valence electrons. The van der Waals surface area contributed by atoms with Crippen LogP contribution in [0.15, 0.2) is 59.6 Å². The number of rotatable bonds is 2. The molecule has 0 saturated carbocycles. The lowest BCUT2D eigenvalue weighted by Crippen LogP contribution is -2.05. The molecule has 0 aromatic heterocycles. The monoisotopic (exact) mass is 250 g/mol. The maximum atomic E-state index is 4.70. The van der Waals surface area contributed by atoms with Gasteiger partial charge in [-0.25, -0.2) is 0 Å². The Labute approximate surface area is 113 Å². The normalized spacial score (nSPS) is 17.2. The van der Waals surface area contributed by atoms with Gasteiger partial charge in [-0.1, -0.05) is 36.4 Å². The Morgan fingerprint density at radius 2 is 1.84 bits per heavy atom. The van der Waals surface area contributed by atoms with Gasteiger partial charge in [0, 0.05) is 6.07 Å². The zero-order valence-electron chi connectivity index (χ0n) is 10.7. The molecule has 1 N–H and O–H groups in total. The van der Waals surface area contributed by atoms with Gasteiger partial charge in [0.1, 0.15) is 0 Å². The second-order valence-corrected chi connectivity index (χ2v) is 4.58. The molecule has 0 unspecified atom stereocenters. The first-order valence-corrected chi connectivity index (χ1v) is 6.39. The van der Waals surface area contributed by atoms with E-state index in [1.165, 1.54) is 11.1 Å². The van der Waals surface area contributed by atoms with Crippen molar-refractivity contribution in [2.45, 2.75) is 5.92 Å². The predicted octanol–water partition coefficient (Wildman–Crippen LogP) is 4.07. The minimum absolute atomic E-state index is 0.258.